The second-order valence-corrected chi connectivity index (χ2v) is 6.61. The molecule has 26 heavy (non-hydrogen) atoms. The Hall–Kier alpha value is -3.15. The van der Waals surface area contributed by atoms with Crippen LogP contribution in [0, 0.1) is 6.92 Å². The summed E-state index contributed by atoms with van der Waals surface area (Å²) < 4.78 is 5.44. The highest BCUT2D eigenvalue weighted by Crippen LogP contribution is 2.19. The van der Waals surface area contributed by atoms with Gasteiger partial charge >= 0.3 is 0 Å². The molecule has 1 aliphatic carbocycles. The van der Waals surface area contributed by atoms with E-state index in [-0.39, 0.29) is 5.56 Å². The third kappa shape index (κ3) is 2.94. The van der Waals surface area contributed by atoms with Gasteiger partial charge in [-0.2, -0.15) is 0 Å². The molecule has 3 rings (SSSR count). The molecule has 1 aromatic heterocycles. The third-order valence-electron chi connectivity index (χ3n) is 4.58. The monoisotopic (exact) mass is 350 g/mol. The lowest BCUT2D eigenvalue weighted by atomic mass is 10.0. The maximum Gasteiger partial charge on any atom is 0.297 e. The van der Waals surface area contributed by atoms with Gasteiger partial charge in [-0.3, -0.25) is 9.48 Å². The minimum Gasteiger partial charge on any atom is -0.397 e. The van der Waals surface area contributed by atoms with Crippen LogP contribution in [0.25, 0.3) is 5.69 Å². The number of nitrogens with zero attached hydrogens (tertiary/aromatic N) is 4. The molecule has 0 spiro atoms. The number of hydrogen-bond acceptors (Lipinski definition) is 3. The Kier molecular flexibility index (Phi) is 4.50. The first-order valence-electron chi connectivity index (χ1n) is 8.44. The van der Waals surface area contributed by atoms with Crippen LogP contribution in [0.3, 0.4) is 0 Å². The average Bonchev–Trinajstić information content (AvgIpc) is 2.81. The van der Waals surface area contributed by atoms with Crippen molar-refractivity contribution in [3.8, 4) is 5.69 Å². The van der Waals surface area contributed by atoms with Crippen molar-refractivity contribution >= 4 is 17.1 Å². The number of para-hydroxylation sites is 1. The average molecular weight is 350 g/mol. The highest BCUT2D eigenvalue weighted by atomic mass is 16.1. The van der Waals surface area contributed by atoms with Crippen molar-refractivity contribution in [2.45, 2.75) is 13.8 Å². The van der Waals surface area contributed by atoms with Crippen LogP contribution in [0.1, 0.15) is 12.6 Å². The summed E-state index contributed by atoms with van der Waals surface area (Å²) >= 11 is 0. The molecule has 0 saturated carbocycles. The standard InChI is InChI=1S/C20H23N5O/c1-13-11-17(16(21)12-18(13)23(3)4)22-19-14(2)24(5)25(20(19)26)15-9-7-6-8-10-15/h6-12,21H,1-5H3/p+1/b22-17+. The Morgan fingerprint density at radius 3 is 2.35 bits per heavy atom. The van der Waals surface area contributed by atoms with E-state index >= 15 is 0 Å². The molecule has 0 atom stereocenters. The van der Waals surface area contributed by atoms with E-state index in [4.69, 9.17) is 5.73 Å². The van der Waals surface area contributed by atoms with Crippen LogP contribution < -0.4 is 11.3 Å². The maximum atomic E-state index is 13.0. The molecular formula is C20H24N5O+. The largest absolute Gasteiger partial charge is 0.397 e. The quantitative estimate of drug-likeness (QED) is 0.665. The molecular weight excluding hydrogens is 326 g/mol. The van der Waals surface area contributed by atoms with Crippen LogP contribution in [0.4, 0.5) is 5.69 Å². The molecule has 0 bridgehead atoms. The third-order valence-corrected chi connectivity index (χ3v) is 4.58. The second kappa shape index (κ2) is 6.63. The normalized spacial score (nSPS) is 15.9. The predicted molar refractivity (Wildman–Crippen MR) is 106 cm³/mol. The number of nitrogens with two attached hydrogens (primary N) is 1. The summed E-state index contributed by atoms with van der Waals surface area (Å²) in [5, 5.41) is 0. The topological polar surface area (TPSA) is 68.3 Å². The van der Waals surface area contributed by atoms with Crippen molar-refractivity contribution in [2.75, 3.05) is 14.1 Å². The minimum atomic E-state index is -0.162. The zero-order chi connectivity index (χ0) is 19.0. The van der Waals surface area contributed by atoms with Gasteiger partial charge in [0.05, 0.1) is 22.8 Å². The van der Waals surface area contributed by atoms with Crippen LogP contribution in [0.15, 0.2) is 63.5 Å². The van der Waals surface area contributed by atoms with E-state index in [0.29, 0.717) is 17.1 Å². The fraction of sp³-hybridized carbons (Fsp3) is 0.250. The Balaban J connectivity index is 2.16. The zero-order valence-corrected chi connectivity index (χ0v) is 15.8. The zero-order valence-electron chi connectivity index (χ0n) is 15.8. The first-order chi connectivity index (χ1) is 12.3. The summed E-state index contributed by atoms with van der Waals surface area (Å²) in [5.74, 6) is 0. The van der Waals surface area contributed by atoms with Gasteiger partial charge in [0.25, 0.3) is 5.56 Å². The SMILES string of the molecule is CC1=C/C(=N\c2c(C)n(C)n(-c3ccccc3)c2=O)C(N)=CC1=[N+](C)C. The van der Waals surface area contributed by atoms with Gasteiger partial charge < -0.3 is 5.73 Å². The molecule has 134 valence electrons. The molecule has 1 aromatic carbocycles. The van der Waals surface area contributed by atoms with Gasteiger partial charge in [0.1, 0.15) is 14.1 Å². The first kappa shape index (κ1) is 17.7. The van der Waals surface area contributed by atoms with Gasteiger partial charge in [-0.05, 0) is 32.1 Å². The van der Waals surface area contributed by atoms with Crippen LogP contribution in [-0.2, 0) is 7.05 Å². The smallest absolute Gasteiger partial charge is 0.297 e. The van der Waals surface area contributed by atoms with E-state index in [1.807, 2.05) is 86.7 Å². The molecule has 0 aliphatic heterocycles. The second-order valence-electron chi connectivity index (χ2n) is 6.61. The number of aliphatic imine (C=N–C) groups is 1. The van der Waals surface area contributed by atoms with Gasteiger partial charge in [-0.15, -0.1) is 0 Å². The number of allylic oxidation sites excluding steroid dienone is 3. The Morgan fingerprint density at radius 1 is 1.08 bits per heavy atom. The van der Waals surface area contributed by atoms with Gasteiger partial charge in [-0.1, -0.05) is 18.2 Å². The molecule has 0 saturated heterocycles. The fourth-order valence-corrected chi connectivity index (χ4v) is 3.08. The highest BCUT2D eigenvalue weighted by Gasteiger charge is 2.20. The molecule has 6 heteroatoms. The summed E-state index contributed by atoms with van der Waals surface area (Å²) in [6, 6.07) is 9.53. The Labute approximate surface area is 152 Å². The van der Waals surface area contributed by atoms with Crippen LogP contribution >= 0.6 is 0 Å². The van der Waals surface area contributed by atoms with E-state index in [2.05, 4.69) is 4.99 Å². The maximum absolute atomic E-state index is 13.0. The van der Waals surface area contributed by atoms with Crippen molar-refractivity contribution in [3.63, 3.8) is 0 Å². The lowest BCUT2D eigenvalue weighted by Gasteiger charge is -2.10. The van der Waals surface area contributed by atoms with Gasteiger partial charge in [0.15, 0.2) is 5.69 Å². The van der Waals surface area contributed by atoms with Crippen LogP contribution in [0.5, 0.6) is 0 Å². The molecule has 1 heterocycles. The summed E-state index contributed by atoms with van der Waals surface area (Å²) in [6.07, 6.45) is 3.81. The summed E-state index contributed by atoms with van der Waals surface area (Å²) in [4.78, 5) is 17.6. The lowest BCUT2D eigenvalue weighted by Crippen LogP contribution is -2.23. The molecule has 6 nitrogen and oxygen atoms in total. The molecule has 2 aromatic rings. The van der Waals surface area contributed by atoms with Crippen molar-refractivity contribution in [1.29, 1.82) is 0 Å². The first-order valence-corrected chi connectivity index (χ1v) is 8.44. The number of rotatable bonds is 2. The number of hydrogen-bond donors (Lipinski definition) is 1. The summed E-state index contributed by atoms with van der Waals surface area (Å²) in [7, 11) is 5.80. The Morgan fingerprint density at radius 2 is 1.73 bits per heavy atom. The molecule has 0 fully saturated rings. The molecule has 1 aliphatic rings. The summed E-state index contributed by atoms with van der Waals surface area (Å²) in [5.41, 5.74) is 11.3. The van der Waals surface area contributed by atoms with E-state index in [1.54, 1.807) is 4.68 Å². The fourth-order valence-electron chi connectivity index (χ4n) is 3.08. The van der Waals surface area contributed by atoms with Crippen molar-refractivity contribution in [1.82, 2.24) is 9.36 Å². The van der Waals surface area contributed by atoms with Gasteiger partial charge in [0.2, 0.25) is 5.71 Å². The lowest BCUT2D eigenvalue weighted by molar-refractivity contribution is -0.463. The van der Waals surface area contributed by atoms with E-state index in [0.717, 1.165) is 22.7 Å². The minimum absolute atomic E-state index is 0.162. The van der Waals surface area contributed by atoms with Crippen molar-refractivity contribution < 1.29 is 4.58 Å². The predicted octanol–water partition coefficient (Wildman–Crippen LogP) is 2.07. The van der Waals surface area contributed by atoms with E-state index in [9.17, 15) is 4.79 Å². The van der Waals surface area contributed by atoms with E-state index in [1.165, 1.54) is 0 Å². The van der Waals surface area contributed by atoms with Crippen molar-refractivity contribution in [3.05, 3.63) is 69.8 Å². The highest BCUT2D eigenvalue weighted by molar-refractivity contribution is 6.22. The van der Waals surface area contributed by atoms with E-state index < -0.39 is 0 Å². The molecule has 2 N–H and O–H groups in total. The number of aromatic nitrogens is 2. The van der Waals surface area contributed by atoms with Gasteiger partial charge in [-0.25, -0.2) is 14.2 Å². The molecule has 0 radical (unpaired) electrons. The van der Waals surface area contributed by atoms with Gasteiger partial charge in [0, 0.05) is 18.7 Å². The molecule has 0 amide bonds. The van der Waals surface area contributed by atoms with Crippen molar-refractivity contribution in [2.24, 2.45) is 17.8 Å². The van der Waals surface area contributed by atoms with Crippen LogP contribution in [0.2, 0.25) is 0 Å². The summed E-state index contributed by atoms with van der Waals surface area (Å²) in [6.45, 7) is 3.89. The van der Waals surface area contributed by atoms with Crippen LogP contribution in [-0.4, -0.2) is 39.5 Å². The molecule has 0 unspecified atom stereocenters. The number of benzene rings is 1. The Bertz CT molecular complexity index is 1040.